The Morgan fingerprint density at radius 3 is 2.21 bits per heavy atom. The predicted molar refractivity (Wildman–Crippen MR) is 103 cm³/mol. The molecule has 2 aromatic rings. The highest BCUT2D eigenvalue weighted by atomic mass is 79.9. The van der Waals surface area contributed by atoms with Crippen molar-refractivity contribution in [2.75, 3.05) is 23.9 Å². The van der Waals surface area contributed by atoms with Gasteiger partial charge in [-0.25, -0.2) is 4.90 Å². The van der Waals surface area contributed by atoms with Gasteiger partial charge in [-0.15, -0.1) is 0 Å². The monoisotopic (exact) mass is 402 g/mol. The van der Waals surface area contributed by atoms with E-state index < -0.39 is 0 Å². The number of hydrogen-bond acceptors (Lipinski definition) is 4. The average Bonchev–Trinajstić information content (AvgIpc) is 2.83. The van der Waals surface area contributed by atoms with Crippen molar-refractivity contribution in [2.45, 2.75) is 0 Å². The third-order valence-corrected chi connectivity index (χ3v) is 4.98. The molecule has 1 heterocycles. The summed E-state index contributed by atoms with van der Waals surface area (Å²) < 4.78 is 0.898. The van der Waals surface area contributed by atoms with Crippen LogP contribution in [0.5, 0.6) is 0 Å². The van der Waals surface area contributed by atoms with E-state index in [0.29, 0.717) is 10.6 Å². The van der Waals surface area contributed by atoms with E-state index in [0.717, 1.165) is 27.5 Å². The summed E-state index contributed by atoms with van der Waals surface area (Å²) in [7, 11) is 3.94. The number of thioether (sulfide) groups is 1. The van der Waals surface area contributed by atoms with Crippen molar-refractivity contribution < 1.29 is 9.59 Å². The molecule has 4 nitrogen and oxygen atoms in total. The van der Waals surface area contributed by atoms with Gasteiger partial charge in [-0.3, -0.25) is 9.59 Å². The van der Waals surface area contributed by atoms with Crippen LogP contribution in [0.1, 0.15) is 5.56 Å². The number of imide groups is 1. The fourth-order valence-electron chi connectivity index (χ4n) is 2.30. The van der Waals surface area contributed by atoms with Gasteiger partial charge in [-0.2, -0.15) is 0 Å². The molecule has 1 aliphatic rings. The van der Waals surface area contributed by atoms with E-state index in [4.69, 9.17) is 0 Å². The summed E-state index contributed by atoms with van der Waals surface area (Å²) in [4.78, 5) is 28.4. The van der Waals surface area contributed by atoms with Crippen LogP contribution in [-0.2, 0) is 4.79 Å². The molecule has 0 bridgehead atoms. The lowest BCUT2D eigenvalue weighted by Gasteiger charge is -2.12. The minimum Gasteiger partial charge on any atom is -0.378 e. The highest BCUT2D eigenvalue weighted by molar-refractivity contribution is 9.10. The van der Waals surface area contributed by atoms with E-state index in [9.17, 15) is 9.59 Å². The van der Waals surface area contributed by atoms with Gasteiger partial charge in [0.2, 0.25) is 0 Å². The number of carbonyl (C=O) groups is 2. The Balaban J connectivity index is 1.86. The Labute approximate surface area is 153 Å². The summed E-state index contributed by atoms with van der Waals surface area (Å²) in [5, 5.41) is -0.279. The van der Waals surface area contributed by atoms with Gasteiger partial charge in [0.1, 0.15) is 0 Å². The zero-order valence-electron chi connectivity index (χ0n) is 13.2. The smallest absolute Gasteiger partial charge is 0.298 e. The van der Waals surface area contributed by atoms with Crippen molar-refractivity contribution >= 4 is 56.3 Å². The highest BCUT2D eigenvalue weighted by Gasteiger charge is 2.36. The maximum atomic E-state index is 12.6. The number of anilines is 2. The first-order chi connectivity index (χ1) is 11.5. The second-order valence-corrected chi connectivity index (χ2v) is 7.39. The molecule has 0 aliphatic carbocycles. The summed E-state index contributed by atoms with van der Waals surface area (Å²) in [5.41, 5.74) is 2.55. The minimum atomic E-state index is -0.288. The molecule has 0 spiro atoms. The summed E-state index contributed by atoms with van der Waals surface area (Å²) in [6.07, 6.45) is 1.75. The lowest BCUT2D eigenvalue weighted by atomic mass is 10.2. The van der Waals surface area contributed by atoms with E-state index in [2.05, 4.69) is 15.9 Å². The molecule has 3 rings (SSSR count). The van der Waals surface area contributed by atoms with Crippen LogP contribution in [0, 0.1) is 0 Å². The number of carbonyl (C=O) groups excluding carboxylic acids is 2. The Kier molecular flexibility index (Phi) is 4.78. The largest absolute Gasteiger partial charge is 0.378 e. The van der Waals surface area contributed by atoms with E-state index >= 15 is 0 Å². The first-order valence-corrected chi connectivity index (χ1v) is 8.87. The van der Waals surface area contributed by atoms with Crippen LogP contribution >= 0.6 is 27.7 Å². The van der Waals surface area contributed by atoms with Crippen LogP contribution in [0.15, 0.2) is 57.9 Å². The predicted octanol–water partition coefficient (Wildman–Crippen LogP) is 4.76. The average molecular weight is 403 g/mol. The molecule has 0 unspecified atom stereocenters. The topological polar surface area (TPSA) is 40.6 Å². The second-order valence-electron chi connectivity index (χ2n) is 5.48. The minimum absolute atomic E-state index is 0.279. The molecular weight excluding hydrogens is 388 g/mol. The van der Waals surface area contributed by atoms with Crippen molar-refractivity contribution in [2.24, 2.45) is 0 Å². The number of halogens is 1. The quantitative estimate of drug-likeness (QED) is 0.694. The Morgan fingerprint density at radius 2 is 1.62 bits per heavy atom. The molecule has 0 N–H and O–H groups in total. The van der Waals surface area contributed by atoms with Crippen molar-refractivity contribution in [1.82, 2.24) is 0 Å². The Morgan fingerprint density at radius 1 is 1.00 bits per heavy atom. The molecule has 1 aliphatic heterocycles. The lowest BCUT2D eigenvalue weighted by Crippen LogP contribution is -2.27. The molecule has 1 saturated heterocycles. The zero-order chi connectivity index (χ0) is 17.3. The van der Waals surface area contributed by atoms with E-state index in [1.807, 2.05) is 55.4 Å². The van der Waals surface area contributed by atoms with E-state index in [1.165, 1.54) is 4.90 Å². The van der Waals surface area contributed by atoms with E-state index in [1.54, 1.807) is 18.2 Å². The maximum absolute atomic E-state index is 12.6. The van der Waals surface area contributed by atoms with Gasteiger partial charge < -0.3 is 4.90 Å². The molecule has 24 heavy (non-hydrogen) atoms. The van der Waals surface area contributed by atoms with Crippen LogP contribution in [0.4, 0.5) is 16.2 Å². The third kappa shape index (κ3) is 3.39. The normalized spacial score (nSPS) is 16.1. The Bertz CT molecular complexity index is 814. The van der Waals surface area contributed by atoms with Crippen molar-refractivity contribution in [3.05, 3.63) is 63.5 Å². The van der Waals surface area contributed by atoms with Crippen LogP contribution in [-0.4, -0.2) is 25.2 Å². The molecule has 0 aromatic heterocycles. The molecule has 0 atom stereocenters. The maximum Gasteiger partial charge on any atom is 0.298 e. The van der Waals surface area contributed by atoms with Gasteiger partial charge in [-0.1, -0.05) is 28.1 Å². The summed E-state index contributed by atoms with van der Waals surface area (Å²) in [6, 6.07) is 14.9. The van der Waals surface area contributed by atoms with Crippen LogP contribution < -0.4 is 9.80 Å². The van der Waals surface area contributed by atoms with Gasteiger partial charge in [-0.05, 0) is 59.8 Å². The molecule has 1 fully saturated rings. The molecule has 0 radical (unpaired) electrons. The van der Waals surface area contributed by atoms with Gasteiger partial charge in [0.05, 0.1) is 10.6 Å². The summed E-state index contributed by atoms with van der Waals surface area (Å²) >= 11 is 4.31. The van der Waals surface area contributed by atoms with Crippen LogP contribution in [0.3, 0.4) is 0 Å². The summed E-state index contributed by atoms with van der Waals surface area (Å²) in [6.45, 7) is 0. The zero-order valence-corrected chi connectivity index (χ0v) is 15.6. The van der Waals surface area contributed by atoms with Crippen molar-refractivity contribution in [3.8, 4) is 0 Å². The second kappa shape index (κ2) is 6.83. The number of benzene rings is 2. The highest BCUT2D eigenvalue weighted by Crippen LogP contribution is 2.36. The molecule has 2 amide bonds. The number of amides is 2. The van der Waals surface area contributed by atoms with Gasteiger partial charge in [0.25, 0.3) is 11.1 Å². The molecule has 0 saturated carbocycles. The fraction of sp³-hybridized carbons (Fsp3) is 0.111. The van der Waals surface area contributed by atoms with E-state index in [-0.39, 0.29) is 11.1 Å². The standard InChI is InChI=1S/C18H15BrN2O2S/c1-20(2)14-7-3-12(4-8-14)11-16-17(22)21(18(23)24-16)15-9-5-13(19)6-10-15/h3-11H,1-2H3/b16-11+. The molecule has 122 valence electrons. The first kappa shape index (κ1) is 16.8. The lowest BCUT2D eigenvalue weighted by molar-refractivity contribution is -0.113. The van der Waals surface area contributed by atoms with Crippen molar-refractivity contribution in [1.29, 1.82) is 0 Å². The SMILES string of the molecule is CN(C)c1ccc(/C=C2/SC(=O)N(c3ccc(Br)cc3)C2=O)cc1. The van der Waals surface area contributed by atoms with Gasteiger partial charge >= 0.3 is 0 Å². The van der Waals surface area contributed by atoms with Crippen LogP contribution in [0.25, 0.3) is 6.08 Å². The van der Waals surface area contributed by atoms with Crippen molar-refractivity contribution in [3.63, 3.8) is 0 Å². The number of nitrogens with zero attached hydrogens (tertiary/aromatic N) is 2. The third-order valence-electron chi connectivity index (χ3n) is 3.59. The number of rotatable bonds is 3. The first-order valence-electron chi connectivity index (χ1n) is 7.26. The molecule has 2 aromatic carbocycles. The summed E-state index contributed by atoms with van der Waals surface area (Å²) in [5.74, 6) is -0.288. The number of hydrogen-bond donors (Lipinski definition) is 0. The molecular formula is C18H15BrN2O2S. The molecule has 6 heteroatoms. The van der Waals surface area contributed by atoms with Gasteiger partial charge in [0.15, 0.2) is 0 Å². The Hall–Kier alpha value is -2.05. The fourth-order valence-corrected chi connectivity index (χ4v) is 3.41. The van der Waals surface area contributed by atoms with Crippen LogP contribution in [0.2, 0.25) is 0 Å². The van der Waals surface area contributed by atoms with Gasteiger partial charge in [0, 0.05) is 24.3 Å².